The second-order valence-electron chi connectivity index (χ2n) is 7.45. The molecule has 0 unspecified atom stereocenters. The van der Waals surface area contributed by atoms with Gasteiger partial charge in [-0.1, -0.05) is 24.3 Å². The topological polar surface area (TPSA) is 66.0 Å². The van der Waals surface area contributed by atoms with Crippen molar-refractivity contribution >= 4 is 35.8 Å². The van der Waals surface area contributed by atoms with Gasteiger partial charge >= 0.3 is 0 Å². The number of carbonyl (C=O) groups is 1. The molecule has 3 rings (SSSR count). The van der Waals surface area contributed by atoms with Crippen molar-refractivity contribution in [2.45, 2.75) is 39.3 Å². The Hall–Kier alpha value is -2.29. The molecule has 2 aromatic carbocycles. The minimum absolute atomic E-state index is 0. The van der Waals surface area contributed by atoms with Gasteiger partial charge in [0.2, 0.25) is 0 Å². The van der Waals surface area contributed by atoms with Crippen LogP contribution < -0.4 is 15.4 Å². The molecule has 1 saturated heterocycles. The molecule has 1 aliphatic heterocycles. The van der Waals surface area contributed by atoms with Crippen LogP contribution in [0.4, 0.5) is 0 Å². The predicted molar refractivity (Wildman–Crippen MR) is 136 cm³/mol. The molecular formula is C24H33IN4O2. The summed E-state index contributed by atoms with van der Waals surface area (Å²) < 4.78 is 5.19. The summed E-state index contributed by atoms with van der Waals surface area (Å²) in [5.41, 5.74) is 2.99. The van der Waals surface area contributed by atoms with Crippen LogP contribution in [0.5, 0.6) is 5.75 Å². The van der Waals surface area contributed by atoms with E-state index in [0.29, 0.717) is 13.1 Å². The smallest absolute Gasteiger partial charge is 0.253 e. The first-order chi connectivity index (χ1) is 14.7. The minimum atomic E-state index is 0. The van der Waals surface area contributed by atoms with Crippen LogP contribution in [-0.4, -0.2) is 43.5 Å². The average Bonchev–Trinajstić information content (AvgIpc) is 2.81. The number of ether oxygens (including phenoxy) is 1. The highest BCUT2D eigenvalue weighted by Gasteiger charge is 2.17. The van der Waals surface area contributed by atoms with E-state index in [1.807, 2.05) is 60.4 Å². The zero-order valence-electron chi connectivity index (χ0n) is 18.4. The third-order valence-electron chi connectivity index (χ3n) is 5.23. The SMILES string of the molecule is CCNC(=NCc1ccc(OC)cc1)NCc1ccc(C(=O)N2CCCCC2)cc1.I. The van der Waals surface area contributed by atoms with Gasteiger partial charge in [-0.05, 0) is 61.6 Å². The van der Waals surface area contributed by atoms with E-state index in [1.54, 1.807) is 7.11 Å². The number of amides is 1. The van der Waals surface area contributed by atoms with E-state index in [1.165, 1.54) is 6.42 Å². The number of guanidine groups is 1. The first-order valence-corrected chi connectivity index (χ1v) is 10.7. The van der Waals surface area contributed by atoms with Crippen LogP contribution in [0.2, 0.25) is 0 Å². The first-order valence-electron chi connectivity index (χ1n) is 10.7. The Morgan fingerprint density at radius 1 is 0.968 bits per heavy atom. The van der Waals surface area contributed by atoms with Gasteiger partial charge in [0.25, 0.3) is 5.91 Å². The number of aliphatic imine (C=N–C) groups is 1. The molecule has 0 radical (unpaired) electrons. The number of piperidine rings is 1. The fourth-order valence-electron chi connectivity index (χ4n) is 3.47. The normalized spacial score (nSPS) is 13.9. The van der Waals surface area contributed by atoms with Crippen LogP contribution in [0.15, 0.2) is 53.5 Å². The number of methoxy groups -OCH3 is 1. The Balaban J connectivity index is 0.00000341. The van der Waals surface area contributed by atoms with Crippen LogP contribution in [0.3, 0.4) is 0 Å². The van der Waals surface area contributed by atoms with Gasteiger partial charge in [0.1, 0.15) is 5.75 Å². The molecule has 2 N–H and O–H groups in total. The average molecular weight is 536 g/mol. The van der Waals surface area contributed by atoms with Crippen LogP contribution in [0.25, 0.3) is 0 Å². The molecule has 7 heteroatoms. The summed E-state index contributed by atoms with van der Waals surface area (Å²) in [5, 5.41) is 6.63. The second kappa shape index (κ2) is 13.2. The number of benzene rings is 2. The first kappa shape index (κ1) is 25.0. The van der Waals surface area contributed by atoms with E-state index >= 15 is 0 Å². The van der Waals surface area contributed by atoms with E-state index in [0.717, 1.165) is 60.9 Å². The molecule has 0 aromatic heterocycles. The largest absolute Gasteiger partial charge is 0.497 e. The van der Waals surface area contributed by atoms with Crippen LogP contribution >= 0.6 is 24.0 Å². The molecule has 0 aliphatic carbocycles. The standard InChI is InChI=1S/C24H32N4O2.HI/c1-3-25-24(27-18-20-9-13-22(30-2)14-10-20)26-17-19-7-11-21(12-8-19)23(29)28-15-5-4-6-16-28;/h7-14H,3-6,15-18H2,1-2H3,(H2,25,26,27);1H. The quantitative estimate of drug-likeness (QED) is 0.317. The van der Waals surface area contributed by atoms with Crippen molar-refractivity contribution in [3.63, 3.8) is 0 Å². The Morgan fingerprint density at radius 3 is 2.23 bits per heavy atom. The molecule has 6 nitrogen and oxygen atoms in total. The summed E-state index contributed by atoms with van der Waals surface area (Å²) in [6.45, 7) is 5.82. The van der Waals surface area contributed by atoms with Gasteiger partial charge in [-0.15, -0.1) is 24.0 Å². The van der Waals surface area contributed by atoms with Gasteiger partial charge in [-0.25, -0.2) is 4.99 Å². The van der Waals surface area contributed by atoms with Gasteiger partial charge in [0, 0.05) is 31.7 Å². The van der Waals surface area contributed by atoms with E-state index < -0.39 is 0 Å². The van der Waals surface area contributed by atoms with Crippen molar-refractivity contribution < 1.29 is 9.53 Å². The zero-order valence-corrected chi connectivity index (χ0v) is 20.7. The molecule has 1 fully saturated rings. The summed E-state index contributed by atoms with van der Waals surface area (Å²) in [6.07, 6.45) is 3.44. The molecule has 1 aliphatic rings. The lowest BCUT2D eigenvalue weighted by molar-refractivity contribution is 0.0724. The molecular weight excluding hydrogens is 503 g/mol. The fraction of sp³-hybridized carbons (Fsp3) is 0.417. The van der Waals surface area contributed by atoms with Gasteiger partial charge in [0.05, 0.1) is 13.7 Å². The number of nitrogens with one attached hydrogen (secondary N) is 2. The molecule has 31 heavy (non-hydrogen) atoms. The lowest BCUT2D eigenvalue weighted by atomic mass is 10.1. The lowest BCUT2D eigenvalue weighted by Crippen LogP contribution is -2.37. The number of nitrogens with zero attached hydrogens (tertiary/aromatic N) is 2. The van der Waals surface area contributed by atoms with Crippen molar-refractivity contribution in [2.75, 3.05) is 26.7 Å². The Bertz CT molecular complexity index is 832. The molecule has 1 heterocycles. The fourth-order valence-corrected chi connectivity index (χ4v) is 3.47. The Labute approximate surface area is 202 Å². The minimum Gasteiger partial charge on any atom is -0.497 e. The van der Waals surface area contributed by atoms with Crippen LogP contribution in [0, 0.1) is 0 Å². The maximum atomic E-state index is 12.6. The van der Waals surface area contributed by atoms with E-state index in [2.05, 4.69) is 15.6 Å². The third-order valence-corrected chi connectivity index (χ3v) is 5.23. The van der Waals surface area contributed by atoms with Crippen molar-refractivity contribution in [3.05, 3.63) is 65.2 Å². The van der Waals surface area contributed by atoms with Gasteiger partial charge in [-0.2, -0.15) is 0 Å². The van der Waals surface area contributed by atoms with Crippen LogP contribution in [0.1, 0.15) is 47.7 Å². The lowest BCUT2D eigenvalue weighted by Gasteiger charge is -2.26. The van der Waals surface area contributed by atoms with Gasteiger partial charge in [-0.3, -0.25) is 4.79 Å². The third kappa shape index (κ3) is 7.72. The van der Waals surface area contributed by atoms with Gasteiger partial charge in [0.15, 0.2) is 5.96 Å². The number of hydrogen-bond acceptors (Lipinski definition) is 3. The highest BCUT2D eigenvalue weighted by Crippen LogP contribution is 2.14. The molecule has 0 saturated carbocycles. The van der Waals surface area contributed by atoms with E-state index in [4.69, 9.17) is 4.74 Å². The maximum Gasteiger partial charge on any atom is 0.253 e. The summed E-state index contributed by atoms with van der Waals surface area (Å²) >= 11 is 0. The van der Waals surface area contributed by atoms with Crippen molar-refractivity contribution in [1.82, 2.24) is 15.5 Å². The van der Waals surface area contributed by atoms with Crippen molar-refractivity contribution in [3.8, 4) is 5.75 Å². The molecule has 1 amide bonds. The second-order valence-corrected chi connectivity index (χ2v) is 7.45. The molecule has 0 atom stereocenters. The number of likely N-dealkylation sites (tertiary alicyclic amines) is 1. The van der Waals surface area contributed by atoms with Crippen LogP contribution in [-0.2, 0) is 13.1 Å². The molecule has 0 bridgehead atoms. The maximum absolute atomic E-state index is 12.6. The highest BCUT2D eigenvalue weighted by atomic mass is 127. The summed E-state index contributed by atoms with van der Waals surface area (Å²) in [5.74, 6) is 1.75. The number of rotatable bonds is 7. The number of carbonyl (C=O) groups excluding carboxylic acids is 1. The zero-order chi connectivity index (χ0) is 21.2. The molecule has 2 aromatic rings. The van der Waals surface area contributed by atoms with Gasteiger partial charge < -0.3 is 20.3 Å². The van der Waals surface area contributed by atoms with E-state index in [9.17, 15) is 4.79 Å². The molecule has 168 valence electrons. The Kier molecular flexibility index (Phi) is 10.6. The highest BCUT2D eigenvalue weighted by molar-refractivity contribution is 14.0. The molecule has 0 spiro atoms. The summed E-state index contributed by atoms with van der Waals surface area (Å²) in [4.78, 5) is 19.2. The summed E-state index contributed by atoms with van der Waals surface area (Å²) in [6, 6.07) is 15.8. The monoisotopic (exact) mass is 536 g/mol. The van der Waals surface area contributed by atoms with Crippen molar-refractivity contribution in [2.24, 2.45) is 4.99 Å². The number of hydrogen-bond donors (Lipinski definition) is 2. The van der Waals surface area contributed by atoms with Crippen molar-refractivity contribution in [1.29, 1.82) is 0 Å². The van der Waals surface area contributed by atoms with E-state index in [-0.39, 0.29) is 29.9 Å². The summed E-state index contributed by atoms with van der Waals surface area (Å²) in [7, 11) is 1.66. The predicted octanol–water partition coefficient (Wildman–Crippen LogP) is 4.19. The Morgan fingerprint density at radius 2 is 1.61 bits per heavy atom. The number of halogens is 1.